The highest BCUT2D eigenvalue weighted by Gasteiger charge is 2.26. The number of carbonyl (C=O) groups excluding carboxylic acids is 1. The largest absolute Gasteiger partial charge is 0.401 e. The number of amides is 1. The van der Waals surface area contributed by atoms with Crippen molar-refractivity contribution in [2.45, 2.75) is 19.1 Å². The van der Waals surface area contributed by atoms with Crippen molar-refractivity contribution < 1.29 is 18.0 Å². The van der Waals surface area contributed by atoms with E-state index in [4.69, 9.17) is 0 Å². The Kier molecular flexibility index (Phi) is 5.03. The van der Waals surface area contributed by atoms with Crippen LogP contribution in [-0.4, -0.2) is 25.2 Å². The Morgan fingerprint density at radius 3 is 2.50 bits per heavy atom. The van der Waals surface area contributed by atoms with Gasteiger partial charge in [0.05, 0.1) is 19.1 Å². The summed E-state index contributed by atoms with van der Waals surface area (Å²) in [6.45, 7) is 0.258. The highest BCUT2D eigenvalue weighted by Crippen LogP contribution is 2.20. The van der Waals surface area contributed by atoms with Gasteiger partial charge in [-0.25, -0.2) is 0 Å². The van der Waals surface area contributed by atoms with E-state index in [0.29, 0.717) is 0 Å². The fourth-order valence-electron chi connectivity index (χ4n) is 2.17. The summed E-state index contributed by atoms with van der Waals surface area (Å²) < 4.78 is 36.0. The van der Waals surface area contributed by atoms with Crippen LogP contribution in [0.4, 0.5) is 13.2 Å². The van der Waals surface area contributed by atoms with Crippen LogP contribution in [-0.2, 0) is 4.79 Å². The number of nitrogens with one attached hydrogen (secondary N) is 2. The Morgan fingerprint density at radius 1 is 1.14 bits per heavy atom. The van der Waals surface area contributed by atoms with Crippen LogP contribution >= 0.6 is 0 Å². The molecule has 2 aromatic rings. The molecule has 0 aliphatic rings. The molecule has 0 saturated carbocycles. The molecule has 0 spiro atoms. The number of rotatable bonds is 5. The molecular formula is C16H17F3N2O. The number of alkyl halides is 3. The fourth-order valence-corrected chi connectivity index (χ4v) is 2.17. The summed E-state index contributed by atoms with van der Waals surface area (Å²) in [5.41, 5.74) is 0.905. The van der Waals surface area contributed by atoms with Gasteiger partial charge in [-0.15, -0.1) is 0 Å². The average molecular weight is 310 g/mol. The van der Waals surface area contributed by atoms with Gasteiger partial charge >= 0.3 is 6.18 Å². The number of carbonyl (C=O) groups is 1. The van der Waals surface area contributed by atoms with Crippen LogP contribution < -0.4 is 10.6 Å². The average Bonchev–Trinajstić information content (AvgIpc) is 2.45. The lowest BCUT2D eigenvalue weighted by atomic mass is 10.0. The van der Waals surface area contributed by atoms with Gasteiger partial charge in [0, 0.05) is 0 Å². The lowest BCUT2D eigenvalue weighted by Gasteiger charge is -2.16. The highest BCUT2D eigenvalue weighted by atomic mass is 19.4. The first kappa shape index (κ1) is 16.3. The number of hydrogen-bond acceptors (Lipinski definition) is 2. The van der Waals surface area contributed by atoms with E-state index in [1.807, 2.05) is 42.5 Å². The van der Waals surface area contributed by atoms with Crippen LogP contribution in [0.2, 0.25) is 0 Å². The molecule has 2 aromatic carbocycles. The molecule has 2 N–H and O–H groups in total. The summed E-state index contributed by atoms with van der Waals surface area (Å²) in [5.74, 6) is -0.468. The molecule has 0 aromatic heterocycles. The summed E-state index contributed by atoms with van der Waals surface area (Å²) in [7, 11) is 0. The molecule has 0 radical (unpaired) electrons. The Labute approximate surface area is 126 Å². The topological polar surface area (TPSA) is 41.1 Å². The highest BCUT2D eigenvalue weighted by molar-refractivity contribution is 5.83. The molecule has 2 rings (SSSR count). The van der Waals surface area contributed by atoms with E-state index >= 15 is 0 Å². The zero-order valence-corrected chi connectivity index (χ0v) is 12.1. The summed E-state index contributed by atoms with van der Waals surface area (Å²) in [4.78, 5) is 11.6. The van der Waals surface area contributed by atoms with E-state index in [0.717, 1.165) is 16.3 Å². The SMILES string of the molecule is C[C@@H](NC(=O)CNCC(F)(F)F)c1ccc2ccccc2c1. The van der Waals surface area contributed by atoms with Gasteiger partial charge in [0.15, 0.2) is 0 Å². The monoisotopic (exact) mass is 310 g/mol. The van der Waals surface area contributed by atoms with E-state index < -0.39 is 18.6 Å². The predicted molar refractivity (Wildman–Crippen MR) is 79.4 cm³/mol. The third kappa shape index (κ3) is 4.73. The van der Waals surface area contributed by atoms with E-state index in [2.05, 4.69) is 10.6 Å². The molecule has 6 heteroatoms. The number of halogens is 3. The van der Waals surface area contributed by atoms with Gasteiger partial charge in [-0.3, -0.25) is 4.79 Å². The summed E-state index contributed by atoms with van der Waals surface area (Å²) in [6, 6.07) is 13.4. The minimum Gasteiger partial charge on any atom is -0.348 e. The van der Waals surface area contributed by atoms with Crippen molar-refractivity contribution >= 4 is 16.7 Å². The van der Waals surface area contributed by atoms with Crippen LogP contribution in [0.1, 0.15) is 18.5 Å². The van der Waals surface area contributed by atoms with Gasteiger partial charge in [-0.1, -0.05) is 36.4 Å². The van der Waals surface area contributed by atoms with Crippen molar-refractivity contribution in [1.29, 1.82) is 0 Å². The zero-order valence-electron chi connectivity index (χ0n) is 12.1. The molecule has 0 aliphatic carbocycles. The molecule has 1 amide bonds. The van der Waals surface area contributed by atoms with Gasteiger partial charge in [-0.05, 0) is 29.3 Å². The maximum Gasteiger partial charge on any atom is 0.401 e. The third-order valence-electron chi connectivity index (χ3n) is 3.26. The Balaban J connectivity index is 1.92. The van der Waals surface area contributed by atoms with Crippen molar-refractivity contribution in [1.82, 2.24) is 10.6 Å². The zero-order chi connectivity index (χ0) is 16.2. The van der Waals surface area contributed by atoms with Crippen LogP contribution in [0.5, 0.6) is 0 Å². The van der Waals surface area contributed by atoms with Crippen molar-refractivity contribution in [2.75, 3.05) is 13.1 Å². The Hall–Kier alpha value is -2.08. The molecule has 22 heavy (non-hydrogen) atoms. The lowest BCUT2D eigenvalue weighted by Crippen LogP contribution is -2.39. The minimum absolute atomic E-state index is 0.273. The van der Waals surface area contributed by atoms with Crippen molar-refractivity contribution in [2.24, 2.45) is 0 Å². The van der Waals surface area contributed by atoms with Gasteiger partial charge in [0.25, 0.3) is 0 Å². The van der Waals surface area contributed by atoms with Gasteiger partial charge in [0.1, 0.15) is 0 Å². The van der Waals surface area contributed by atoms with E-state index in [1.54, 1.807) is 6.92 Å². The Bertz CT molecular complexity index is 655. The molecular weight excluding hydrogens is 293 g/mol. The molecule has 0 aliphatic heterocycles. The number of hydrogen-bond donors (Lipinski definition) is 2. The third-order valence-corrected chi connectivity index (χ3v) is 3.26. The summed E-state index contributed by atoms with van der Waals surface area (Å²) in [5, 5.41) is 6.90. The smallest absolute Gasteiger partial charge is 0.348 e. The van der Waals surface area contributed by atoms with Crippen molar-refractivity contribution in [3.63, 3.8) is 0 Å². The first-order valence-electron chi connectivity index (χ1n) is 6.91. The van der Waals surface area contributed by atoms with E-state index in [-0.39, 0.29) is 12.6 Å². The lowest BCUT2D eigenvalue weighted by molar-refractivity contribution is -0.128. The minimum atomic E-state index is -4.32. The van der Waals surface area contributed by atoms with E-state index in [9.17, 15) is 18.0 Å². The van der Waals surface area contributed by atoms with Crippen LogP contribution in [0.15, 0.2) is 42.5 Å². The summed E-state index contributed by atoms with van der Waals surface area (Å²) in [6.07, 6.45) is -4.32. The maximum absolute atomic E-state index is 12.0. The van der Waals surface area contributed by atoms with Gasteiger partial charge in [0.2, 0.25) is 5.91 Å². The molecule has 0 fully saturated rings. The molecule has 0 saturated heterocycles. The van der Waals surface area contributed by atoms with Crippen LogP contribution in [0, 0.1) is 0 Å². The molecule has 0 heterocycles. The van der Waals surface area contributed by atoms with Crippen LogP contribution in [0.3, 0.4) is 0 Å². The first-order valence-corrected chi connectivity index (χ1v) is 6.91. The predicted octanol–water partition coefficient (Wildman–Crippen LogP) is 3.17. The van der Waals surface area contributed by atoms with Crippen LogP contribution in [0.25, 0.3) is 10.8 Å². The fraction of sp³-hybridized carbons (Fsp3) is 0.312. The van der Waals surface area contributed by atoms with Crippen molar-refractivity contribution in [3.05, 3.63) is 48.0 Å². The second-order valence-electron chi connectivity index (χ2n) is 5.11. The van der Waals surface area contributed by atoms with Gasteiger partial charge < -0.3 is 10.6 Å². The maximum atomic E-state index is 12.0. The first-order chi connectivity index (χ1) is 10.3. The number of fused-ring (bicyclic) bond motifs is 1. The second kappa shape index (κ2) is 6.79. The standard InChI is InChI=1S/C16H17F3N2O/c1-11(21-15(22)9-20-10-16(17,18)19)13-7-6-12-4-2-3-5-14(12)8-13/h2-8,11,20H,9-10H2,1H3,(H,21,22)/t11-/m1/s1. The number of benzene rings is 2. The Morgan fingerprint density at radius 2 is 1.82 bits per heavy atom. The molecule has 0 bridgehead atoms. The van der Waals surface area contributed by atoms with Crippen molar-refractivity contribution in [3.8, 4) is 0 Å². The van der Waals surface area contributed by atoms with E-state index in [1.165, 1.54) is 0 Å². The second-order valence-corrected chi connectivity index (χ2v) is 5.11. The molecule has 0 unspecified atom stereocenters. The molecule has 3 nitrogen and oxygen atoms in total. The molecule has 1 atom stereocenters. The van der Waals surface area contributed by atoms with Gasteiger partial charge in [-0.2, -0.15) is 13.2 Å². The quantitative estimate of drug-likeness (QED) is 0.890. The summed E-state index contributed by atoms with van der Waals surface area (Å²) >= 11 is 0. The molecule has 118 valence electrons. The normalized spacial score (nSPS) is 13.1.